The minimum Gasteiger partial charge on any atom is -0.444 e. The Morgan fingerprint density at radius 2 is 1.78 bits per heavy atom. The summed E-state index contributed by atoms with van der Waals surface area (Å²) >= 11 is 0. The minimum absolute atomic E-state index is 0. The van der Waals surface area contributed by atoms with Crippen LogP contribution in [0.1, 0.15) is 16.8 Å². The molecule has 2 N–H and O–H groups in total. The number of nitrogens with one attached hydrogen (secondary N) is 2. The van der Waals surface area contributed by atoms with E-state index in [0.717, 1.165) is 30.2 Å². The highest BCUT2D eigenvalue weighted by Gasteiger charge is 2.07. The quantitative estimate of drug-likeness (QED) is 0.319. The highest BCUT2D eigenvalue weighted by atomic mass is 127. The Hall–Kier alpha value is -2.35. The van der Waals surface area contributed by atoms with E-state index in [1.165, 1.54) is 11.1 Å². The highest BCUT2D eigenvalue weighted by Crippen LogP contribution is 2.17. The van der Waals surface area contributed by atoms with Gasteiger partial charge in [-0.05, 0) is 31.0 Å². The van der Waals surface area contributed by atoms with Crippen molar-refractivity contribution in [1.29, 1.82) is 0 Å². The molecule has 0 radical (unpaired) electrons. The van der Waals surface area contributed by atoms with Crippen LogP contribution in [-0.2, 0) is 13.0 Å². The van der Waals surface area contributed by atoms with Crippen LogP contribution in [0.4, 0.5) is 0 Å². The highest BCUT2D eigenvalue weighted by molar-refractivity contribution is 14.0. The van der Waals surface area contributed by atoms with Crippen molar-refractivity contribution >= 4 is 29.9 Å². The number of rotatable bonds is 6. The molecule has 0 fully saturated rings. The molecule has 5 nitrogen and oxygen atoms in total. The molecule has 27 heavy (non-hydrogen) atoms. The molecule has 3 aromatic rings. The number of hydrogen-bond acceptors (Lipinski definition) is 3. The first-order valence-electron chi connectivity index (χ1n) is 8.74. The van der Waals surface area contributed by atoms with E-state index in [9.17, 15) is 0 Å². The maximum Gasteiger partial charge on any atom is 0.226 e. The minimum atomic E-state index is 0. The van der Waals surface area contributed by atoms with Gasteiger partial charge in [-0.3, -0.25) is 4.99 Å². The van der Waals surface area contributed by atoms with Crippen LogP contribution in [0.15, 0.2) is 70.3 Å². The molecule has 0 atom stereocenters. The van der Waals surface area contributed by atoms with E-state index in [4.69, 9.17) is 4.42 Å². The fourth-order valence-electron chi connectivity index (χ4n) is 2.58. The number of aromatic nitrogens is 1. The third-order valence-corrected chi connectivity index (χ3v) is 4.06. The zero-order chi connectivity index (χ0) is 18.2. The molecule has 0 saturated carbocycles. The average molecular weight is 476 g/mol. The largest absolute Gasteiger partial charge is 0.444 e. The van der Waals surface area contributed by atoms with E-state index < -0.39 is 0 Å². The molecule has 0 aliphatic carbocycles. The van der Waals surface area contributed by atoms with Gasteiger partial charge in [0.2, 0.25) is 5.89 Å². The SMILES string of the molecule is CN=C(NCCc1ccc(C)cc1)NCc1coc(-c2ccccc2)n1.I. The van der Waals surface area contributed by atoms with Gasteiger partial charge in [-0.15, -0.1) is 24.0 Å². The Labute approximate surface area is 177 Å². The monoisotopic (exact) mass is 476 g/mol. The molecule has 3 rings (SSSR count). The molecule has 0 aliphatic heterocycles. The fraction of sp³-hybridized carbons (Fsp3) is 0.238. The average Bonchev–Trinajstić information content (AvgIpc) is 3.16. The molecule has 6 heteroatoms. The molecule has 1 aromatic heterocycles. The van der Waals surface area contributed by atoms with E-state index in [2.05, 4.69) is 51.8 Å². The third kappa shape index (κ3) is 6.39. The molecule has 0 amide bonds. The summed E-state index contributed by atoms with van der Waals surface area (Å²) in [5.74, 6) is 1.38. The number of hydrogen-bond donors (Lipinski definition) is 2. The second-order valence-electron chi connectivity index (χ2n) is 6.10. The molecule has 0 aliphatic rings. The maximum atomic E-state index is 5.55. The summed E-state index contributed by atoms with van der Waals surface area (Å²) in [6.45, 7) is 3.47. The number of oxazole rings is 1. The second-order valence-corrected chi connectivity index (χ2v) is 6.10. The Morgan fingerprint density at radius 1 is 1.04 bits per heavy atom. The molecule has 1 heterocycles. The number of halogens is 1. The first-order chi connectivity index (χ1) is 12.7. The first-order valence-corrected chi connectivity index (χ1v) is 8.74. The van der Waals surface area contributed by atoms with Crippen molar-refractivity contribution in [2.75, 3.05) is 13.6 Å². The van der Waals surface area contributed by atoms with Gasteiger partial charge in [0.15, 0.2) is 5.96 Å². The van der Waals surface area contributed by atoms with Crippen molar-refractivity contribution in [2.24, 2.45) is 4.99 Å². The summed E-state index contributed by atoms with van der Waals surface area (Å²) in [4.78, 5) is 8.76. The molecule has 0 unspecified atom stereocenters. The van der Waals surface area contributed by atoms with Gasteiger partial charge in [-0.2, -0.15) is 0 Å². The normalized spacial score (nSPS) is 11.0. The van der Waals surface area contributed by atoms with Gasteiger partial charge in [-0.1, -0.05) is 48.0 Å². The number of aliphatic imine (C=N–C) groups is 1. The van der Waals surface area contributed by atoms with Gasteiger partial charge in [0.25, 0.3) is 0 Å². The fourth-order valence-corrected chi connectivity index (χ4v) is 2.58. The Kier molecular flexibility index (Phi) is 8.32. The lowest BCUT2D eigenvalue weighted by atomic mass is 10.1. The van der Waals surface area contributed by atoms with Crippen LogP contribution in [0.3, 0.4) is 0 Å². The van der Waals surface area contributed by atoms with Crippen molar-refractivity contribution in [3.8, 4) is 11.5 Å². The van der Waals surface area contributed by atoms with Crippen LogP contribution in [0, 0.1) is 6.92 Å². The molecule has 2 aromatic carbocycles. The standard InChI is InChI=1S/C21H24N4O.HI/c1-16-8-10-17(11-9-16)12-13-23-21(22-2)24-14-19-15-26-20(25-19)18-6-4-3-5-7-18;/h3-11,15H,12-14H2,1-2H3,(H2,22,23,24);1H. The molecule has 142 valence electrons. The van der Waals surface area contributed by atoms with Crippen molar-refractivity contribution in [1.82, 2.24) is 15.6 Å². The summed E-state index contributed by atoms with van der Waals surface area (Å²) < 4.78 is 5.55. The smallest absolute Gasteiger partial charge is 0.226 e. The van der Waals surface area contributed by atoms with Gasteiger partial charge >= 0.3 is 0 Å². The lowest BCUT2D eigenvalue weighted by Gasteiger charge is -2.10. The number of nitrogens with zero attached hydrogens (tertiary/aromatic N) is 2. The summed E-state index contributed by atoms with van der Waals surface area (Å²) in [7, 11) is 1.76. The lowest BCUT2D eigenvalue weighted by Crippen LogP contribution is -2.37. The Bertz CT molecular complexity index is 844. The Balaban J connectivity index is 0.00000261. The second kappa shape index (κ2) is 10.7. The van der Waals surface area contributed by atoms with Crippen LogP contribution in [-0.4, -0.2) is 24.5 Å². The van der Waals surface area contributed by atoms with Crippen LogP contribution < -0.4 is 10.6 Å². The van der Waals surface area contributed by atoms with Crippen LogP contribution in [0.25, 0.3) is 11.5 Å². The van der Waals surface area contributed by atoms with Gasteiger partial charge in [-0.25, -0.2) is 4.98 Å². The van der Waals surface area contributed by atoms with Gasteiger partial charge < -0.3 is 15.1 Å². The summed E-state index contributed by atoms with van der Waals surface area (Å²) in [6.07, 6.45) is 2.62. The zero-order valence-corrected chi connectivity index (χ0v) is 17.9. The number of aryl methyl sites for hydroxylation is 1. The summed E-state index contributed by atoms with van der Waals surface area (Å²) in [5.41, 5.74) is 4.40. The van der Waals surface area contributed by atoms with Crippen molar-refractivity contribution < 1.29 is 4.42 Å². The number of guanidine groups is 1. The lowest BCUT2D eigenvalue weighted by molar-refractivity contribution is 0.572. The molecular formula is C21H25IN4O. The number of benzene rings is 2. The van der Waals surface area contributed by atoms with Crippen molar-refractivity contribution in [2.45, 2.75) is 19.9 Å². The molecule has 0 bridgehead atoms. The summed E-state index contributed by atoms with van der Waals surface area (Å²) in [5, 5.41) is 6.58. The van der Waals surface area contributed by atoms with Crippen molar-refractivity contribution in [3.63, 3.8) is 0 Å². The summed E-state index contributed by atoms with van der Waals surface area (Å²) in [6, 6.07) is 18.5. The topological polar surface area (TPSA) is 62.5 Å². The predicted molar refractivity (Wildman–Crippen MR) is 120 cm³/mol. The molecular weight excluding hydrogens is 451 g/mol. The van der Waals surface area contributed by atoms with Gasteiger partial charge in [0.05, 0.1) is 12.2 Å². The third-order valence-electron chi connectivity index (χ3n) is 4.06. The van der Waals surface area contributed by atoms with Crippen LogP contribution in [0.2, 0.25) is 0 Å². The zero-order valence-electron chi connectivity index (χ0n) is 15.6. The van der Waals surface area contributed by atoms with E-state index in [1.54, 1.807) is 13.3 Å². The van der Waals surface area contributed by atoms with Gasteiger partial charge in [0.1, 0.15) is 6.26 Å². The van der Waals surface area contributed by atoms with Crippen LogP contribution >= 0.6 is 24.0 Å². The van der Waals surface area contributed by atoms with E-state index in [1.807, 2.05) is 30.3 Å². The van der Waals surface area contributed by atoms with Crippen molar-refractivity contribution in [3.05, 3.63) is 77.7 Å². The van der Waals surface area contributed by atoms with E-state index in [-0.39, 0.29) is 24.0 Å². The Morgan fingerprint density at radius 3 is 2.48 bits per heavy atom. The van der Waals surface area contributed by atoms with E-state index >= 15 is 0 Å². The molecule has 0 saturated heterocycles. The van der Waals surface area contributed by atoms with Gasteiger partial charge in [0, 0.05) is 19.2 Å². The molecule has 0 spiro atoms. The van der Waals surface area contributed by atoms with Crippen LogP contribution in [0.5, 0.6) is 0 Å². The first kappa shape index (κ1) is 21.0. The van der Waals surface area contributed by atoms with E-state index in [0.29, 0.717) is 12.4 Å². The predicted octanol–water partition coefficient (Wildman–Crippen LogP) is 4.18. The maximum absolute atomic E-state index is 5.55.